The summed E-state index contributed by atoms with van der Waals surface area (Å²) in [5.41, 5.74) is 0.619. The standard InChI is InChI=1S/C14H17ClN2O4/c1-5-9(15)13-16-14(21-17-13)8-6-7-10(18-2)12(20-4)11(8)19-3/h6-7,9H,5H2,1-4H3. The maximum absolute atomic E-state index is 6.11. The van der Waals surface area contributed by atoms with E-state index in [0.29, 0.717) is 40.9 Å². The summed E-state index contributed by atoms with van der Waals surface area (Å²) in [7, 11) is 4.63. The lowest BCUT2D eigenvalue weighted by atomic mass is 10.1. The van der Waals surface area contributed by atoms with Crippen LogP contribution in [0.5, 0.6) is 17.2 Å². The van der Waals surface area contributed by atoms with Gasteiger partial charge in [-0.25, -0.2) is 0 Å². The monoisotopic (exact) mass is 312 g/mol. The number of rotatable bonds is 6. The Kier molecular flexibility index (Phi) is 4.90. The maximum atomic E-state index is 6.11. The van der Waals surface area contributed by atoms with Gasteiger partial charge >= 0.3 is 0 Å². The van der Waals surface area contributed by atoms with Gasteiger partial charge in [0, 0.05) is 0 Å². The van der Waals surface area contributed by atoms with E-state index < -0.39 is 0 Å². The van der Waals surface area contributed by atoms with Crippen LogP contribution < -0.4 is 14.2 Å². The van der Waals surface area contributed by atoms with Gasteiger partial charge < -0.3 is 18.7 Å². The van der Waals surface area contributed by atoms with Crippen molar-refractivity contribution in [3.05, 3.63) is 18.0 Å². The second kappa shape index (κ2) is 6.67. The van der Waals surface area contributed by atoms with E-state index in [2.05, 4.69) is 10.1 Å². The van der Waals surface area contributed by atoms with Crippen molar-refractivity contribution in [3.63, 3.8) is 0 Å². The molecule has 0 aliphatic rings. The zero-order valence-electron chi connectivity index (χ0n) is 12.3. The van der Waals surface area contributed by atoms with E-state index in [1.54, 1.807) is 19.2 Å². The number of hydrogen-bond donors (Lipinski definition) is 0. The van der Waals surface area contributed by atoms with Gasteiger partial charge in [-0.05, 0) is 18.6 Å². The van der Waals surface area contributed by atoms with Gasteiger partial charge in [-0.1, -0.05) is 12.1 Å². The Balaban J connectivity index is 2.51. The molecule has 6 nitrogen and oxygen atoms in total. The number of methoxy groups -OCH3 is 3. The van der Waals surface area contributed by atoms with Crippen molar-refractivity contribution in [1.82, 2.24) is 10.1 Å². The van der Waals surface area contributed by atoms with Gasteiger partial charge in [0.2, 0.25) is 5.75 Å². The summed E-state index contributed by atoms with van der Waals surface area (Å²) in [5.74, 6) is 2.26. The van der Waals surface area contributed by atoms with Gasteiger partial charge in [-0.2, -0.15) is 4.98 Å². The van der Waals surface area contributed by atoms with E-state index in [-0.39, 0.29) is 5.38 Å². The second-order valence-corrected chi connectivity index (χ2v) is 4.74. The fourth-order valence-corrected chi connectivity index (χ4v) is 2.01. The lowest BCUT2D eigenvalue weighted by Gasteiger charge is -2.13. The van der Waals surface area contributed by atoms with Gasteiger partial charge in [0.1, 0.15) is 0 Å². The number of halogens is 1. The van der Waals surface area contributed by atoms with Crippen molar-refractivity contribution in [1.29, 1.82) is 0 Å². The minimum atomic E-state index is -0.284. The molecule has 2 aromatic rings. The average molecular weight is 313 g/mol. The van der Waals surface area contributed by atoms with Crippen molar-refractivity contribution in [2.24, 2.45) is 0 Å². The highest BCUT2D eigenvalue weighted by Gasteiger charge is 2.22. The van der Waals surface area contributed by atoms with Crippen LogP contribution >= 0.6 is 11.6 Å². The third kappa shape index (κ3) is 2.90. The zero-order chi connectivity index (χ0) is 15.4. The first-order chi connectivity index (χ1) is 10.2. The molecule has 0 fully saturated rings. The van der Waals surface area contributed by atoms with Crippen LogP contribution in [0.25, 0.3) is 11.5 Å². The fourth-order valence-electron chi connectivity index (χ4n) is 1.92. The van der Waals surface area contributed by atoms with E-state index in [1.807, 2.05) is 6.92 Å². The Morgan fingerprint density at radius 3 is 2.43 bits per heavy atom. The van der Waals surface area contributed by atoms with Gasteiger partial charge in [-0.15, -0.1) is 11.6 Å². The normalized spacial score (nSPS) is 12.0. The number of ether oxygens (including phenoxy) is 3. The van der Waals surface area contributed by atoms with E-state index in [1.165, 1.54) is 14.2 Å². The largest absolute Gasteiger partial charge is 0.493 e. The van der Waals surface area contributed by atoms with Crippen molar-refractivity contribution >= 4 is 11.6 Å². The molecule has 0 radical (unpaired) electrons. The average Bonchev–Trinajstić information content (AvgIpc) is 3.02. The molecule has 114 valence electrons. The van der Waals surface area contributed by atoms with Crippen LogP contribution in [0.1, 0.15) is 24.5 Å². The smallest absolute Gasteiger partial charge is 0.261 e. The van der Waals surface area contributed by atoms with E-state index in [9.17, 15) is 0 Å². The summed E-state index contributed by atoms with van der Waals surface area (Å²) in [4.78, 5) is 4.30. The Morgan fingerprint density at radius 2 is 1.86 bits per heavy atom. The lowest BCUT2D eigenvalue weighted by molar-refractivity contribution is 0.324. The van der Waals surface area contributed by atoms with Crippen molar-refractivity contribution in [3.8, 4) is 28.7 Å². The first-order valence-corrected chi connectivity index (χ1v) is 6.86. The second-order valence-electron chi connectivity index (χ2n) is 4.22. The van der Waals surface area contributed by atoms with Crippen LogP contribution in [0.2, 0.25) is 0 Å². The highest BCUT2D eigenvalue weighted by molar-refractivity contribution is 6.20. The maximum Gasteiger partial charge on any atom is 0.261 e. The molecule has 21 heavy (non-hydrogen) atoms. The molecule has 1 aromatic carbocycles. The summed E-state index contributed by atoms with van der Waals surface area (Å²) in [6.07, 6.45) is 0.712. The predicted molar refractivity (Wildman–Crippen MR) is 78.3 cm³/mol. The molecule has 0 saturated carbocycles. The summed E-state index contributed by atoms with van der Waals surface area (Å²) in [5, 5.41) is 3.61. The van der Waals surface area contributed by atoms with Gasteiger partial charge in [0.25, 0.3) is 5.89 Å². The Hall–Kier alpha value is -1.95. The number of benzene rings is 1. The van der Waals surface area contributed by atoms with Crippen LogP contribution in [0.3, 0.4) is 0 Å². The van der Waals surface area contributed by atoms with Crippen LogP contribution in [0, 0.1) is 0 Å². The first-order valence-electron chi connectivity index (χ1n) is 6.43. The molecule has 1 aromatic heterocycles. The zero-order valence-corrected chi connectivity index (χ0v) is 13.1. The van der Waals surface area contributed by atoms with Gasteiger partial charge in [0.15, 0.2) is 17.3 Å². The van der Waals surface area contributed by atoms with Crippen molar-refractivity contribution < 1.29 is 18.7 Å². The van der Waals surface area contributed by atoms with E-state index in [4.69, 9.17) is 30.3 Å². The molecule has 1 atom stereocenters. The number of alkyl halides is 1. The fraction of sp³-hybridized carbons (Fsp3) is 0.429. The molecule has 0 aliphatic heterocycles. The highest BCUT2D eigenvalue weighted by atomic mass is 35.5. The molecule has 0 spiro atoms. The molecule has 0 bridgehead atoms. The van der Waals surface area contributed by atoms with E-state index >= 15 is 0 Å². The predicted octanol–water partition coefficient (Wildman–Crippen LogP) is 3.45. The molecule has 1 unspecified atom stereocenters. The quantitative estimate of drug-likeness (QED) is 0.761. The summed E-state index contributed by atoms with van der Waals surface area (Å²) >= 11 is 6.11. The van der Waals surface area contributed by atoms with Crippen LogP contribution in [-0.2, 0) is 0 Å². The van der Waals surface area contributed by atoms with Crippen molar-refractivity contribution in [2.45, 2.75) is 18.7 Å². The minimum Gasteiger partial charge on any atom is -0.493 e. The molecule has 0 amide bonds. The molecule has 7 heteroatoms. The third-order valence-corrected chi connectivity index (χ3v) is 3.52. The molecule has 0 saturated heterocycles. The van der Waals surface area contributed by atoms with Crippen LogP contribution in [-0.4, -0.2) is 31.5 Å². The summed E-state index contributed by atoms with van der Waals surface area (Å²) in [6, 6.07) is 3.52. The van der Waals surface area contributed by atoms with E-state index in [0.717, 1.165) is 0 Å². The van der Waals surface area contributed by atoms with Gasteiger partial charge in [0.05, 0.1) is 32.3 Å². The first kappa shape index (κ1) is 15.4. The number of nitrogens with zero attached hydrogens (tertiary/aromatic N) is 2. The molecule has 0 aliphatic carbocycles. The molecule has 1 heterocycles. The Labute approximate surface area is 128 Å². The SMILES string of the molecule is CCC(Cl)c1noc(-c2ccc(OC)c(OC)c2OC)n1. The minimum absolute atomic E-state index is 0.284. The lowest BCUT2D eigenvalue weighted by Crippen LogP contribution is -1.97. The molecule has 0 N–H and O–H groups in total. The van der Waals surface area contributed by atoms with Crippen molar-refractivity contribution in [2.75, 3.05) is 21.3 Å². The Morgan fingerprint density at radius 1 is 1.14 bits per heavy atom. The molecular formula is C14H17ClN2O4. The number of hydrogen-bond acceptors (Lipinski definition) is 6. The molecular weight excluding hydrogens is 296 g/mol. The van der Waals surface area contributed by atoms with Crippen LogP contribution in [0.4, 0.5) is 0 Å². The van der Waals surface area contributed by atoms with Crippen LogP contribution in [0.15, 0.2) is 16.7 Å². The van der Waals surface area contributed by atoms with Gasteiger partial charge in [-0.3, -0.25) is 0 Å². The topological polar surface area (TPSA) is 66.6 Å². The Bertz CT molecular complexity index is 615. The molecule has 2 rings (SSSR count). The summed E-state index contributed by atoms with van der Waals surface area (Å²) in [6.45, 7) is 1.95. The third-order valence-electron chi connectivity index (χ3n) is 3.01. The highest BCUT2D eigenvalue weighted by Crippen LogP contribution is 2.43. The number of aromatic nitrogens is 2. The summed E-state index contributed by atoms with van der Waals surface area (Å²) < 4.78 is 21.2.